The van der Waals surface area contributed by atoms with Gasteiger partial charge in [0.15, 0.2) is 0 Å². The highest BCUT2D eigenvalue weighted by molar-refractivity contribution is 5.89. The SMILES string of the molecule is CC(C)CN1CC(C(=O)N(C)CC(C)O)CC1=O. The zero-order valence-corrected chi connectivity index (χ0v) is 11.7. The molecule has 0 aromatic rings. The van der Waals surface area contributed by atoms with Crippen LogP contribution in [0.4, 0.5) is 0 Å². The Labute approximate surface area is 109 Å². The molecule has 1 aliphatic rings. The van der Waals surface area contributed by atoms with E-state index >= 15 is 0 Å². The molecule has 0 spiro atoms. The first-order valence-corrected chi connectivity index (χ1v) is 6.52. The van der Waals surface area contributed by atoms with E-state index in [-0.39, 0.29) is 17.7 Å². The summed E-state index contributed by atoms with van der Waals surface area (Å²) in [6.45, 7) is 7.30. The number of carbonyl (C=O) groups is 2. The van der Waals surface area contributed by atoms with Gasteiger partial charge in [0.1, 0.15) is 0 Å². The minimum Gasteiger partial charge on any atom is -0.392 e. The molecule has 18 heavy (non-hydrogen) atoms. The lowest BCUT2D eigenvalue weighted by Crippen LogP contribution is -2.38. The molecule has 2 unspecified atom stereocenters. The summed E-state index contributed by atoms with van der Waals surface area (Å²) >= 11 is 0. The molecule has 0 saturated carbocycles. The summed E-state index contributed by atoms with van der Waals surface area (Å²) < 4.78 is 0. The number of carbonyl (C=O) groups excluding carboxylic acids is 2. The number of likely N-dealkylation sites (N-methyl/N-ethyl adjacent to an activating group) is 1. The fraction of sp³-hybridized carbons (Fsp3) is 0.846. The lowest BCUT2D eigenvalue weighted by molar-refractivity contribution is -0.135. The van der Waals surface area contributed by atoms with Crippen molar-refractivity contribution in [1.82, 2.24) is 9.80 Å². The van der Waals surface area contributed by atoms with Crippen molar-refractivity contribution in [3.63, 3.8) is 0 Å². The number of rotatable bonds is 5. The number of aliphatic hydroxyl groups is 1. The highest BCUT2D eigenvalue weighted by Crippen LogP contribution is 2.20. The summed E-state index contributed by atoms with van der Waals surface area (Å²) in [6.07, 6.45) is -0.238. The summed E-state index contributed by atoms with van der Waals surface area (Å²) in [4.78, 5) is 27.2. The van der Waals surface area contributed by atoms with Crippen LogP contribution in [0.25, 0.3) is 0 Å². The molecule has 0 aromatic carbocycles. The van der Waals surface area contributed by atoms with Gasteiger partial charge in [0.25, 0.3) is 0 Å². The van der Waals surface area contributed by atoms with E-state index in [1.165, 1.54) is 4.90 Å². The van der Waals surface area contributed by atoms with Gasteiger partial charge in [-0.05, 0) is 12.8 Å². The molecule has 1 fully saturated rings. The van der Waals surface area contributed by atoms with Crippen LogP contribution < -0.4 is 0 Å². The van der Waals surface area contributed by atoms with Crippen molar-refractivity contribution < 1.29 is 14.7 Å². The predicted molar refractivity (Wildman–Crippen MR) is 68.8 cm³/mol. The minimum absolute atomic E-state index is 0.0458. The van der Waals surface area contributed by atoms with Gasteiger partial charge in [0.05, 0.1) is 12.0 Å². The van der Waals surface area contributed by atoms with Gasteiger partial charge in [-0.1, -0.05) is 13.8 Å². The normalized spacial score (nSPS) is 21.6. The Morgan fingerprint density at radius 1 is 1.50 bits per heavy atom. The largest absolute Gasteiger partial charge is 0.392 e. The molecule has 1 aliphatic heterocycles. The van der Waals surface area contributed by atoms with Crippen LogP contribution in [-0.4, -0.2) is 59.5 Å². The quantitative estimate of drug-likeness (QED) is 0.771. The molecule has 0 aliphatic carbocycles. The first-order chi connectivity index (χ1) is 8.31. The van der Waals surface area contributed by atoms with Crippen molar-refractivity contribution in [3.05, 3.63) is 0 Å². The average Bonchev–Trinajstić information content (AvgIpc) is 2.57. The molecule has 104 valence electrons. The fourth-order valence-electron chi connectivity index (χ4n) is 2.35. The first kappa shape index (κ1) is 15.0. The minimum atomic E-state index is -0.539. The lowest BCUT2D eigenvalue weighted by Gasteiger charge is -2.23. The van der Waals surface area contributed by atoms with Crippen LogP contribution in [0.15, 0.2) is 0 Å². The molecule has 2 atom stereocenters. The summed E-state index contributed by atoms with van der Waals surface area (Å²) in [7, 11) is 1.67. The van der Waals surface area contributed by atoms with Crippen molar-refractivity contribution >= 4 is 11.8 Å². The number of nitrogens with zero attached hydrogens (tertiary/aromatic N) is 2. The highest BCUT2D eigenvalue weighted by Gasteiger charge is 2.35. The van der Waals surface area contributed by atoms with E-state index in [1.54, 1.807) is 18.9 Å². The third kappa shape index (κ3) is 3.98. The van der Waals surface area contributed by atoms with E-state index in [2.05, 4.69) is 13.8 Å². The van der Waals surface area contributed by atoms with Crippen molar-refractivity contribution in [2.45, 2.75) is 33.3 Å². The number of hydrogen-bond acceptors (Lipinski definition) is 3. The number of amides is 2. The second-order valence-corrected chi connectivity index (χ2v) is 5.66. The molecule has 1 heterocycles. The van der Waals surface area contributed by atoms with E-state index in [0.717, 1.165) is 0 Å². The summed E-state index contributed by atoms with van der Waals surface area (Å²) in [5, 5.41) is 9.27. The van der Waals surface area contributed by atoms with Gasteiger partial charge < -0.3 is 14.9 Å². The molecular formula is C13H24N2O3. The van der Waals surface area contributed by atoms with E-state index in [4.69, 9.17) is 0 Å². The molecule has 5 heteroatoms. The number of likely N-dealkylation sites (tertiary alicyclic amines) is 1. The molecule has 0 aromatic heterocycles. The summed E-state index contributed by atoms with van der Waals surface area (Å²) in [5.41, 5.74) is 0. The van der Waals surface area contributed by atoms with Crippen LogP contribution in [0.2, 0.25) is 0 Å². The van der Waals surface area contributed by atoms with E-state index in [0.29, 0.717) is 32.0 Å². The Morgan fingerprint density at radius 3 is 2.61 bits per heavy atom. The Morgan fingerprint density at radius 2 is 2.11 bits per heavy atom. The van der Waals surface area contributed by atoms with Gasteiger partial charge in [-0.3, -0.25) is 9.59 Å². The van der Waals surface area contributed by atoms with Gasteiger partial charge in [-0.2, -0.15) is 0 Å². The van der Waals surface area contributed by atoms with E-state index in [1.807, 2.05) is 0 Å². The van der Waals surface area contributed by atoms with Crippen molar-refractivity contribution in [1.29, 1.82) is 0 Å². The summed E-state index contributed by atoms with van der Waals surface area (Å²) in [5.74, 6) is 0.181. The van der Waals surface area contributed by atoms with Gasteiger partial charge in [0, 0.05) is 33.1 Å². The Balaban J connectivity index is 2.54. The number of aliphatic hydroxyl groups excluding tert-OH is 1. The zero-order valence-electron chi connectivity index (χ0n) is 11.7. The molecule has 1 saturated heterocycles. The fourth-order valence-corrected chi connectivity index (χ4v) is 2.35. The second kappa shape index (κ2) is 6.18. The second-order valence-electron chi connectivity index (χ2n) is 5.66. The molecule has 0 radical (unpaired) electrons. The first-order valence-electron chi connectivity index (χ1n) is 6.52. The summed E-state index contributed by atoms with van der Waals surface area (Å²) in [6, 6.07) is 0. The van der Waals surface area contributed by atoms with Gasteiger partial charge in [0.2, 0.25) is 11.8 Å². The number of hydrogen-bond donors (Lipinski definition) is 1. The molecular weight excluding hydrogens is 232 g/mol. The third-order valence-corrected chi connectivity index (χ3v) is 3.06. The van der Waals surface area contributed by atoms with Crippen LogP contribution in [-0.2, 0) is 9.59 Å². The maximum Gasteiger partial charge on any atom is 0.227 e. The molecule has 1 N–H and O–H groups in total. The molecule has 2 amide bonds. The Bertz CT molecular complexity index is 315. The van der Waals surface area contributed by atoms with Crippen LogP contribution in [0.1, 0.15) is 27.2 Å². The molecule has 0 bridgehead atoms. The Hall–Kier alpha value is -1.10. The van der Waals surface area contributed by atoms with Crippen LogP contribution in [0, 0.1) is 11.8 Å². The predicted octanol–water partition coefficient (Wildman–Crippen LogP) is 0.330. The van der Waals surface area contributed by atoms with Crippen LogP contribution in [0.3, 0.4) is 0 Å². The topological polar surface area (TPSA) is 60.9 Å². The van der Waals surface area contributed by atoms with Crippen molar-refractivity contribution in [2.75, 3.05) is 26.7 Å². The van der Waals surface area contributed by atoms with Crippen molar-refractivity contribution in [3.8, 4) is 0 Å². The molecule has 5 nitrogen and oxygen atoms in total. The smallest absolute Gasteiger partial charge is 0.227 e. The van der Waals surface area contributed by atoms with Gasteiger partial charge in [-0.15, -0.1) is 0 Å². The zero-order chi connectivity index (χ0) is 13.9. The van der Waals surface area contributed by atoms with Crippen molar-refractivity contribution in [2.24, 2.45) is 11.8 Å². The molecule has 1 rings (SSSR count). The van der Waals surface area contributed by atoms with E-state index in [9.17, 15) is 14.7 Å². The van der Waals surface area contributed by atoms with Crippen LogP contribution in [0.5, 0.6) is 0 Å². The van der Waals surface area contributed by atoms with Gasteiger partial charge >= 0.3 is 0 Å². The van der Waals surface area contributed by atoms with E-state index < -0.39 is 6.10 Å². The third-order valence-electron chi connectivity index (χ3n) is 3.06. The highest BCUT2D eigenvalue weighted by atomic mass is 16.3. The average molecular weight is 256 g/mol. The monoisotopic (exact) mass is 256 g/mol. The maximum atomic E-state index is 12.1. The lowest BCUT2D eigenvalue weighted by atomic mass is 10.1. The van der Waals surface area contributed by atoms with Crippen LogP contribution >= 0.6 is 0 Å². The standard InChI is InChI=1S/C13H24N2O3/c1-9(2)6-15-8-11(5-12(15)17)13(18)14(4)7-10(3)16/h9-11,16H,5-8H2,1-4H3. The van der Waals surface area contributed by atoms with Gasteiger partial charge in [-0.25, -0.2) is 0 Å². The maximum absolute atomic E-state index is 12.1. The Kier molecular flexibility index (Phi) is 5.14.